The van der Waals surface area contributed by atoms with Gasteiger partial charge in [0, 0.05) is 11.8 Å². The van der Waals surface area contributed by atoms with Gasteiger partial charge in [-0.1, -0.05) is 11.6 Å². The number of nitrogens with zero attached hydrogens (tertiary/aromatic N) is 3. The van der Waals surface area contributed by atoms with Gasteiger partial charge in [-0.3, -0.25) is 5.32 Å². The molecule has 10 heteroatoms. The van der Waals surface area contributed by atoms with E-state index in [4.69, 9.17) is 40.7 Å². The van der Waals surface area contributed by atoms with Gasteiger partial charge in [0.2, 0.25) is 0 Å². The zero-order valence-corrected chi connectivity index (χ0v) is 9.77. The van der Waals surface area contributed by atoms with Crippen LogP contribution < -0.4 is 22.6 Å². The molecule has 0 bridgehead atoms. The van der Waals surface area contributed by atoms with E-state index in [-0.39, 0.29) is 6.54 Å². The predicted molar refractivity (Wildman–Crippen MR) is 61.2 cm³/mol. The molecule has 0 radical (unpaired) electrons. The van der Waals surface area contributed by atoms with Crippen LogP contribution >= 0.6 is 23.4 Å². The van der Waals surface area contributed by atoms with E-state index in [9.17, 15) is 4.79 Å². The van der Waals surface area contributed by atoms with Crippen molar-refractivity contribution in [1.29, 1.82) is 0 Å². The zero-order chi connectivity index (χ0) is 12.3. The highest BCUT2D eigenvalue weighted by Crippen LogP contribution is 2.15. The number of nitrogens with two attached hydrogens (primary N) is 3. The first kappa shape index (κ1) is 13.3. The first-order chi connectivity index (χ1) is 7.47. The molecule has 0 aromatic heterocycles. The summed E-state index contributed by atoms with van der Waals surface area (Å²) in [6, 6.07) is -0.594. The van der Waals surface area contributed by atoms with Crippen LogP contribution in [0.5, 0.6) is 0 Å². The van der Waals surface area contributed by atoms with Crippen LogP contribution in [0.4, 0.5) is 4.79 Å². The van der Waals surface area contributed by atoms with Gasteiger partial charge >= 0.3 is 6.03 Å². The number of hydrazone groups is 1. The number of urea groups is 1. The number of carbonyl (C=O) groups is 1. The van der Waals surface area contributed by atoms with Crippen LogP contribution in [0.2, 0.25) is 0 Å². The fraction of sp³-hybridized carbons (Fsp3) is 0.667. The van der Waals surface area contributed by atoms with Crippen LogP contribution in [0.1, 0.15) is 0 Å². The van der Waals surface area contributed by atoms with E-state index in [1.54, 1.807) is 0 Å². The molecular weight excluding hydrogens is 257 g/mol. The van der Waals surface area contributed by atoms with Crippen molar-refractivity contribution in [2.45, 2.75) is 17.8 Å². The average Bonchev–Trinajstić information content (AvgIpc) is 2.22. The molecule has 92 valence electrons. The smallest absolute Gasteiger partial charge is 0.322 e. The van der Waals surface area contributed by atoms with E-state index in [0.29, 0.717) is 4.42 Å². The van der Waals surface area contributed by atoms with Crippen molar-refractivity contribution in [3.05, 3.63) is 0 Å². The Bertz CT molecular complexity index is 288. The van der Waals surface area contributed by atoms with Gasteiger partial charge in [0.25, 0.3) is 0 Å². The first-order valence-corrected chi connectivity index (χ1v) is 5.15. The van der Waals surface area contributed by atoms with Gasteiger partial charge in [-0.15, -0.1) is 0 Å². The minimum Gasteiger partial charge on any atom is -0.322 e. The zero-order valence-electron chi connectivity index (χ0n) is 8.25. The first-order valence-electron chi connectivity index (χ1n) is 4.37. The number of hydrogen-bond acceptors (Lipinski definition) is 6. The molecule has 0 aliphatic carbocycles. The van der Waals surface area contributed by atoms with Crippen molar-refractivity contribution in [3.63, 3.8) is 0 Å². The molecule has 0 aromatic rings. The number of rotatable bonds is 1. The van der Waals surface area contributed by atoms with E-state index >= 15 is 0 Å². The van der Waals surface area contributed by atoms with Gasteiger partial charge in [0.05, 0.1) is 18.9 Å². The van der Waals surface area contributed by atoms with Crippen molar-refractivity contribution in [2.24, 2.45) is 22.4 Å². The number of hydrogen-bond donors (Lipinski definition) is 4. The molecule has 1 saturated heterocycles. The Kier molecular flexibility index (Phi) is 4.56. The monoisotopic (exact) mass is 269 g/mol. The average molecular weight is 270 g/mol. The number of halogens is 2. The van der Waals surface area contributed by atoms with E-state index in [2.05, 4.69) is 10.4 Å². The lowest BCUT2D eigenvalue weighted by Gasteiger charge is -2.40. The van der Waals surface area contributed by atoms with E-state index in [1.807, 2.05) is 0 Å². The lowest BCUT2D eigenvalue weighted by molar-refractivity contribution is 0.140. The molecule has 0 saturated carbocycles. The van der Waals surface area contributed by atoms with Crippen molar-refractivity contribution >= 4 is 35.7 Å². The Hall–Kier alpha value is -0.800. The number of piperazine rings is 1. The molecule has 2 amide bonds. The van der Waals surface area contributed by atoms with Crippen LogP contribution in [0, 0.1) is 0 Å². The Morgan fingerprint density at radius 1 is 1.62 bits per heavy atom. The van der Waals surface area contributed by atoms with Crippen molar-refractivity contribution < 1.29 is 4.79 Å². The van der Waals surface area contributed by atoms with Crippen LogP contribution in [0.15, 0.2) is 5.10 Å². The maximum absolute atomic E-state index is 11.7. The Balaban J connectivity index is 2.73. The van der Waals surface area contributed by atoms with Gasteiger partial charge in [0.15, 0.2) is 0 Å². The van der Waals surface area contributed by atoms with E-state index in [1.165, 1.54) is 4.90 Å². The Morgan fingerprint density at radius 3 is 2.81 bits per heavy atom. The third-order valence-electron chi connectivity index (χ3n) is 1.99. The minimum absolute atomic E-state index is 0.183. The molecule has 1 fully saturated rings. The molecule has 0 spiro atoms. The second kappa shape index (κ2) is 5.51. The summed E-state index contributed by atoms with van der Waals surface area (Å²) in [5.41, 5.74) is 10.5. The summed E-state index contributed by atoms with van der Waals surface area (Å²) >= 11 is 11.5. The summed E-state index contributed by atoms with van der Waals surface area (Å²) in [5.74, 6) is 4.86. The summed E-state index contributed by atoms with van der Waals surface area (Å²) < 4.78 is 0.681. The fourth-order valence-corrected chi connectivity index (χ4v) is 1.68. The van der Waals surface area contributed by atoms with Crippen molar-refractivity contribution in [3.8, 4) is 0 Å². The Morgan fingerprint density at radius 2 is 2.25 bits per heavy atom. The molecule has 0 aromatic carbocycles. The van der Waals surface area contributed by atoms with E-state index in [0.717, 1.165) is 6.34 Å². The maximum Gasteiger partial charge on any atom is 0.341 e. The number of amides is 2. The molecule has 16 heavy (non-hydrogen) atoms. The summed E-state index contributed by atoms with van der Waals surface area (Å²) in [5, 5.41) is 5.91. The maximum atomic E-state index is 11.7. The predicted octanol–water partition coefficient (Wildman–Crippen LogP) is -1.50. The normalized spacial score (nSPS) is 30.8. The van der Waals surface area contributed by atoms with Gasteiger partial charge in [0.1, 0.15) is 11.8 Å². The SMILES string of the molecule is NN=CN(Cl)C(=O)N1CC(N)NC(N)C1Cl. The molecule has 1 heterocycles. The molecule has 1 rings (SSSR count). The molecule has 3 unspecified atom stereocenters. The van der Waals surface area contributed by atoms with Crippen LogP contribution in [0.3, 0.4) is 0 Å². The number of carbonyl (C=O) groups excluding carboxylic acids is 1. The Labute approximate surface area is 102 Å². The van der Waals surface area contributed by atoms with Crippen LogP contribution in [-0.4, -0.2) is 46.1 Å². The topological polar surface area (TPSA) is 126 Å². The summed E-state index contributed by atoms with van der Waals surface area (Å²) in [6.07, 6.45) is -0.143. The summed E-state index contributed by atoms with van der Waals surface area (Å²) in [7, 11) is 0. The largest absolute Gasteiger partial charge is 0.341 e. The molecule has 8 nitrogen and oxygen atoms in total. The quantitative estimate of drug-likeness (QED) is 0.0877. The van der Waals surface area contributed by atoms with Gasteiger partial charge in [-0.2, -0.15) is 9.52 Å². The standard InChI is InChI=1S/C6H13Cl2N7O/c7-4-5(10)13-3(9)1-14(4)6(16)15(8)2-12-11/h2-5,13H,1,9-11H2. The number of alkyl halides is 1. The highest BCUT2D eigenvalue weighted by Gasteiger charge is 2.35. The van der Waals surface area contributed by atoms with Crippen LogP contribution in [-0.2, 0) is 0 Å². The second-order valence-corrected chi connectivity index (χ2v) is 3.99. The summed E-state index contributed by atoms with van der Waals surface area (Å²) in [6.45, 7) is 0.183. The lowest BCUT2D eigenvalue weighted by atomic mass is 10.3. The molecule has 1 aliphatic rings. The molecule has 3 atom stereocenters. The molecule has 7 N–H and O–H groups in total. The van der Waals surface area contributed by atoms with E-state index < -0.39 is 23.9 Å². The second-order valence-electron chi connectivity index (χ2n) is 3.18. The molecule has 1 aliphatic heterocycles. The summed E-state index contributed by atoms with van der Waals surface area (Å²) in [4.78, 5) is 13.0. The van der Waals surface area contributed by atoms with Crippen LogP contribution in [0.25, 0.3) is 0 Å². The minimum atomic E-state index is -0.750. The molecular formula is C6H13Cl2N7O. The third-order valence-corrected chi connectivity index (χ3v) is 2.73. The number of nitrogens with one attached hydrogen (secondary N) is 1. The van der Waals surface area contributed by atoms with Crippen molar-refractivity contribution in [2.75, 3.05) is 6.54 Å². The highest BCUT2D eigenvalue weighted by atomic mass is 35.5. The van der Waals surface area contributed by atoms with Gasteiger partial charge < -0.3 is 22.2 Å². The van der Waals surface area contributed by atoms with Crippen molar-refractivity contribution in [1.82, 2.24) is 14.6 Å². The fourth-order valence-electron chi connectivity index (χ4n) is 1.30. The lowest BCUT2D eigenvalue weighted by Crippen LogP contribution is -2.68. The van der Waals surface area contributed by atoms with Gasteiger partial charge in [-0.25, -0.2) is 4.79 Å². The third kappa shape index (κ3) is 2.86. The van der Waals surface area contributed by atoms with Gasteiger partial charge in [-0.05, 0) is 0 Å². The highest BCUT2D eigenvalue weighted by molar-refractivity contribution is 6.28.